The number of rotatable bonds is 14. The number of carboxylic acid groups (broad SMARTS) is 1. The Hall–Kier alpha value is -1.79. The fraction of sp³-hybridized carbons (Fsp3) is 0.708. The molecule has 2 rings (SSSR count). The molecule has 30 heavy (non-hydrogen) atoms. The maximum Gasteiger partial charge on any atom is 0.303 e. The normalized spacial score (nSPS) is 24.6. The second kappa shape index (κ2) is 12.8. The lowest BCUT2D eigenvalue weighted by Crippen LogP contribution is -2.23. The van der Waals surface area contributed by atoms with Crippen LogP contribution in [0.25, 0.3) is 0 Å². The number of carboxylic acids is 1. The van der Waals surface area contributed by atoms with Gasteiger partial charge in [-0.2, -0.15) is 4.91 Å². The zero-order valence-electron chi connectivity index (χ0n) is 18.1. The SMILES string of the molecule is Cc1cccc(CC[C@H](O)CC[C@H]2C(N=O)C[C@H](O)[C@@H]2CCCCCCC(=O)O)c1. The Balaban J connectivity index is 1.76. The molecule has 0 spiro atoms. The number of aryl methyl sites for hydroxylation is 2. The minimum absolute atomic E-state index is 0.0186. The third-order valence-electron chi connectivity index (χ3n) is 6.52. The van der Waals surface area contributed by atoms with Gasteiger partial charge in [-0.05, 0) is 69.3 Å². The summed E-state index contributed by atoms with van der Waals surface area (Å²) in [7, 11) is 0. The van der Waals surface area contributed by atoms with Gasteiger partial charge in [0.15, 0.2) is 0 Å². The van der Waals surface area contributed by atoms with E-state index in [2.05, 4.69) is 30.3 Å². The quantitative estimate of drug-likeness (QED) is 0.301. The van der Waals surface area contributed by atoms with Crippen molar-refractivity contribution < 1.29 is 20.1 Å². The van der Waals surface area contributed by atoms with Crippen molar-refractivity contribution in [1.82, 2.24) is 0 Å². The van der Waals surface area contributed by atoms with E-state index in [0.717, 1.165) is 32.1 Å². The highest BCUT2D eigenvalue weighted by molar-refractivity contribution is 5.66. The van der Waals surface area contributed by atoms with Gasteiger partial charge in [-0.3, -0.25) is 4.79 Å². The van der Waals surface area contributed by atoms with E-state index in [4.69, 9.17) is 5.11 Å². The molecule has 0 aromatic heterocycles. The number of benzene rings is 1. The van der Waals surface area contributed by atoms with Crippen LogP contribution < -0.4 is 0 Å². The van der Waals surface area contributed by atoms with E-state index in [9.17, 15) is 19.9 Å². The highest BCUT2D eigenvalue weighted by Gasteiger charge is 2.42. The number of nitroso groups, excluding NO2 is 1. The monoisotopic (exact) mass is 419 g/mol. The van der Waals surface area contributed by atoms with Crippen LogP contribution >= 0.6 is 0 Å². The first-order valence-corrected chi connectivity index (χ1v) is 11.4. The molecule has 0 radical (unpaired) electrons. The van der Waals surface area contributed by atoms with Gasteiger partial charge in [-0.25, -0.2) is 0 Å². The molecule has 0 saturated heterocycles. The van der Waals surface area contributed by atoms with Gasteiger partial charge in [0.25, 0.3) is 0 Å². The van der Waals surface area contributed by atoms with Gasteiger partial charge in [0.1, 0.15) is 0 Å². The molecule has 1 aromatic rings. The maximum absolute atomic E-state index is 11.3. The molecule has 1 aliphatic carbocycles. The van der Waals surface area contributed by atoms with Crippen LogP contribution in [0.4, 0.5) is 0 Å². The number of hydrogen-bond acceptors (Lipinski definition) is 5. The molecule has 1 aliphatic rings. The average Bonchev–Trinajstić information content (AvgIpc) is 3.02. The Morgan fingerprint density at radius 1 is 1.13 bits per heavy atom. The predicted octanol–water partition coefficient (Wildman–Crippen LogP) is 4.63. The lowest BCUT2D eigenvalue weighted by atomic mass is 9.84. The second-order valence-corrected chi connectivity index (χ2v) is 8.91. The van der Waals surface area contributed by atoms with E-state index in [1.165, 1.54) is 11.1 Å². The first kappa shape index (κ1) is 24.5. The summed E-state index contributed by atoms with van der Waals surface area (Å²) in [4.78, 5) is 21.9. The van der Waals surface area contributed by atoms with Gasteiger partial charge in [0.2, 0.25) is 0 Å². The van der Waals surface area contributed by atoms with Gasteiger partial charge in [-0.15, -0.1) is 0 Å². The van der Waals surface area contributed by atoms with Crippen molar-refractivity contribution in [3.8, 4) is 0 Å². The van der Waals surface area contributed by atoms with E-state index in [0.29, 0.717) is 32.1 Å². The third-order valence-corrected chi connectivity index (χ3v) is 6.52. The summed E-state index contributed by atoms with van der Waals surface area (Å²) in [6, 6.07) is 7.93. The van der Waals surface area contributed by atoms with Gasteiger partial charge >= 0.3 is 5.97 Å². The standard InChI is InChI=1S/C24H37NO5/c1-17-7-6-8-18(15-17)11-12-19(26)13-14-20-21(23(27)16-22(20)25-30)9-4-2-3-5-10-24(28)29/h6-8,15,19-23,26-27H,2-5,9-14,16H2,1H3,(H,28,29)/t19-,20+,21+,22?,23-/m0/s1. The molecule has 1 saturated carbocycles. The third kappa shape index (κ3) is 8.15. The Bertz CT molecular complexity index is 665. The molecule has 5 atom stereocenters. The number of aliphatic carboxylic acids is 1. The van der Waals surface area contributed by atoms with Gasteiger partial charge in [0.05, 0.1) is 18.2 Å². The molecular weight excluding hydrogens is 382 g/mol. The van der Waals surface area contributed by atoms with E-state index in [1.54, 1.807) is 0 Å². The molecule has 1 unspecified atom stereocenters. The molecule has 0 bridgehead atoms. The lowest BCUT2D eigenvalue weighted by Gasteiger charge is -2.24. The molecule has 0 heterocycles. The van der Waals surface area contributed by atoms with Gasteiger partial charge in [-0.1, -0.05) is 54.3 Å². The number of unbranched alkanes of at least 4 members (excludes halogenated alkanes) is 3. The van der Waals surface area contributed by atoms with Gasteiger partial charge < -0.3 is 15.3 Å². The highest BCUT2D eigenvalue weighted by atomic mass is 16.4. The first-order chi connectivity index (χ1) is 14.4. The Morgan fingerprint density at radius 3 is 2.60 bits per heavy atom. The molecule has 3 N–H and O–H groups in total. The van der Waals surface area contributed by atoms with Crippen LogP contribution in [0.3, 0.4) is 0 Å². The van der Waals surface area contributed by atoms with E-state index in [-0.39, 0.29) is 24.3 Å². The van der Waals surface area contributed by atoms with Crippen LogP contribution in [-0.4, -0.2) is 39.5 Å². The Morgan fingerprint density at radius 2 is 1.90 bits per heavy atom. The molecule has 1 fully saturated rings. The number of carbonyl (C=O) groups is 1. The fourth-order valence-electron chi connectivity index (χ4n) is 4.84. The molecule has 1 aromatic carbocycles. The van der Waals surface area contributed by atoms with Crippen molar-refractivity contribution in [3.05, 3.63) is 40.3 Å². The summed E-state index contributed by atoms with van der Waals surface area (Å²) < 4.78 is 0. The van der Waals surface area contributed by atoms with Crippen molar-refractivity contribution >= 4 is 5.97 Å². The van der Waals surface area contributed by atoms with Crippen molar-refractivity contribution in [2.75, 3.05) is 0 Å². The van der Waals surface area contributed by atoms with Crippen molar-refractivity contribution in [1.29, 1.82) is 0 Å². The predicted molar refractivity (Wildman–Crippen MR) is 117 cm³/mol. The summed E-state index contributed by atoms with van der Waals surface area (Å²) in [5.41, 5.74) is 2.44. The van der Waals surface area contributed by atoms with Crippen LogP contribution in [0.5, 0.6) is 0 Å². The summed E-state index contributed by atoms with van der Waals surface area (Å²) in [6.45, 7) is 2.06. The smallest absolute Gasteiger partial charge is 0.303 e. The minimum Gasteiger partial charge on any atom is -0.481 e. The summed E-state index contributed by atoms with van der Waals surface area (Å²) in [5, 5.41) is 32.9. The van der Waals surface area contributed by atoms with Crippen LogP contribution in [0.15, 0.2) is 29.4 Å². The molecule has 0 amide bonds. The minimum atomic E-state index is -0.762. The Labute approximate surface area is 179 Å². The molecule has 6 nitrogen and oxygen atoms in total. The number of aliphatic hydroxyl groups is 2. The van der Waals surface area contributed by atoms with Crippen LogP contribution in [-0.2, 0) is 11.2 Å². The maximum atomic E-state index is 11.3. The first-order valence-electron chi connectivity index (χ1n) is 11.4. The Kier molecular flexibility index (Phi) is 10.4. The van der Waals surface area contributed by atoms with E-state index in [1.807, 2.05) is 6.07 Å². The van der Waals surface area contributed by atoms with Crippen LogP contribution in [0, 0.1) is 23.7 Å². The molecular formula is C24H37NO5. The van der Waals surface area contributed by atoms with Gasteiger partial charge in [0, 0.05) is 6.42 Å². The second-order valence-electron chi connectivity index (χ2n) is 8.91. The summed E-state index contributed by atoms with van der Waals surface area (Å²) in [6.07, 6.45) is 6.72. The van der Waals surface area contributed by atoms with Crippen LogP contribution in [0.2, 0.25) is 0 Å². The van der Waals surface area contributed by atoms with Crippen molar-refractivity contribution in [2.24, 2.45) is 17.0 Å². The van der Waals surface area contributed by atoms with E-state index < -0.39 is 18.2 Å². The highest BCUT2D eigenvalue weighted by Crippen LogP contribution is 2.41. The summed E-state index contributed by atoms with van der Waals surface area (Å²) >= 11 is 0. The van der Waals surface area contributed by atoms with Crippen molar-refractivity contribution in [3.63, 3.8) is 0 Å². The molecule has 6 heteroatoms. The number of aliphatic hydroxyl groups excluding tert-OH is 2. The molecule has 168 valence electrons. The topological polar surface area (TPSA) is 107 Å². The fourth-order valence-corrected chi connectivity index (χ4v) is 4.84. The molecule has 0 aliphatic heterocycles. The van der Waals surface area contributed by atoms with Crippen LogP contribution in [0.1, 0.15) is 75.3 Å². The number of nitrogens with zero attached hydrogens (tertiary/aromatic N) is 1. The van der Waals surface area contributed by atoms with E-state index >= 15 is 0 Å². The number of hydrogen-bond donors (Lipinski definition) is 3. The largest absolute Gasteiger partial charge is 0.481 e. The van der Waals surface area contributed by atoms with Crippen molar-refractivity contribution in [2.45, 2.75) is 95.8 Å². The lowest BCUT2D eigenvalue weighted by molar-refractivity contribution is -0.137. The average molecular weight is 420 g/mol. The zero-order valence-corrected chi connectivity index (χ0v) is 18.1. The zero-order chi connectivity index (χ0) is 21.9. The summed E-state index contributed by atoms with van der Waals surface area (Å²) in [5.74, 6) is -0.705.